The number of nitrogens with two attached hydrogens (primary N) is 1. The van der Waals surface area contributed by atoms with Gasteiger partial charge in [-0.3, -0.25) is 14.3 Å². The minimum atomic E-state index is -2.59. The Kier molecular flexibility index (Phi) is 2.04. The van der Waals surface area contributed by atoms with Gasteiger partial charge in [0.2, 0.25) is 5.95 Å². The van der Waals surface area contributed by atoms with E-state index in [9.17, 15) is 9.90 Å². The largest absolute Gasteiger partial charge is 0.394 e. The molecule has 0 amide bonds. The lowest BCUT2D eigenvalue weighted by atomic mass is 10.2. The lowest BCUT2D eigenvalue weighted by Crippen LogP contribution is -2.24. The highest BCUT2D eigenvalue weighted by Crippen LogP contribution is 2.30. The molecular formula is C10H13N5O4. The number of hydrogen-bond donors (Lipinski definition) is 4. The van der Waals surface area contributed by atoms with E-state index >= 15 is 0 Å². The molecule has 0 unspecified atom stereocenters. The Labute approximate surface area is 110 Å². The van der Waals surface area contributed by atoms with Gasteiger partial charge in [-0.15, -0.1) is 0 Å². The van der Waals surface area contributed by atoms with E-state index < -0.39 is 37.0 Å². The monoisotopic (exact) mass is 270 g/mol. The molecule has 1 aliphatic rings. The van der Waals surface area contributed by atoms with Gasteiger partial charge in [0.25, 0.3) is 5.56 Å². The number of rotatable bonds is 2. The Morgan fingerprint density at radius 1 is 1.79 bits per heavy atom. The molecule has 0 spiro atoms. The average molecular weight is 270 g/mol. The van der Waals surface area contributed by atoms with Crippen LogP contribution in [0.25, 0.3) is 11.2 Å². The van der Waals surface area contributed by atoms with Gasteiger partial charge in [-0.25, -0.2) is 4.98 Å². The van der Waals surface area contributed by atoms with Crippen LogP contribution in [0.5, 0.6) is 0 Å². The topological polar surface area (TPSA) is 139 Å². The molecule has 0 aliphatic carbocycles. The van der Waals surface area contributed by atoms with Crippen LogP contribution in [0.2, 0.25) is 0 Å². The SMILES string of the molecule is [2H]C1([2H])[C@H](O)[C@@H](CO)O[C@@]1([2H])n1cnc2c(=O)[nH]c(N)nc21. The molecule has 0 saturated carbocycles. The number of fused-ring (bicyclic) bond motifs is 1. The molecule has 9 heteroatoms. The first-order chi connectivity index (χ1) is 10.2. The molecule has 2 aromatic rings. The fourth-order valence-corrected chi connectivity index (χ4v) is 1.80. The highest BCUT2D eigenvalue weighted by atomic mass is 16.5. The molecule has 0 aromatic carbocycles. The first-order valence-electron chi connectivity index (χ1n) is 6.92. The van der Waals surface area contributed by atoms with E-state index in [0.29, 0.717) is 0 Å². The molecule has 3 rings (SSSR count). The van der Waals surface area contributed by atoms with Crippen molar-refractivity contribution in [3.8, 4) is 0 Å². The fraction of sp³-hybridized carbons (Fsp3) is 0.500. The quantitative estimate of drug-likeness (QED) is 0.512. The third kappa shape index (κ3) is 1.87. The van der Waals surface area contributed by atoms with Crippen molar-refractivity contribution < 1.29 is 19.1 Å². The summed E-state index contributed by atoms with van der Waals surface area (Å²) in [5, 5.41) is 19.1. The first kappa shape index (κ1) is 9.02. The molecule has 5 N–H and O–H groups in total. The minimum absolute atomic E-state index is 0.151. The van der Waals surface area contributed by atoms with Gasteiger partial charge in [0, 0.05) is 9.11 Å². The van der Waals surface area contributed by atoms with Crippen LogP contribution in [0.4, 0.5) is 5.95 Å². The van der Waals surface area contributed by atoms with Crippen molar-refractivity contribution in [3.63, 3.8) is 0 Å². The van der Waals surface area contributed by atoms with Crippen molar-refractivity contribution >= 4 is 17.1 Å². The molecule has 1 saturated heterocycles. The van der Waals surface area contributed by atoms with Crippen LogP contribution in [-0.4, -0.2) is 48.5 Å². The normalized spacial score (nSPS) is 36.0. The Balaban J connectivity index is 2.24. The lowest BCUT2D eigenvalue weighted by Gasteiger charge is -2.13. The lowest BCUT2D eigenvalue weighted by molar-refractivity contribution is -0.0432. The number of hydrogen-bond acceptors (Lipinski definition) is 7. The molecule has 0 radical (unpaired) electrons. The summed E-state index contributed by atoms with van der Waals surface area (Å²) in [6.07, 6.45) is -7.10. The zero-order valence-corrected chi connectivity index (χ0v) is 9.57. The van der Waals surface area contributed by atoms with Gasteiger partial charge in [0.05, 0.1) is 20.4 Å². The molecular weight excluding hydrogens is 254 g/mol. The van der Waals surface area contributed by atoms with Gasteiger partial charge in [-0.1, -0.05) is 0 Å². The van der Waals surface area contributed by atoms with E-state index in [-0.39, 0.29) is 17.1 Å². The van der Waals surface area contributed by atoms with E-state index in [4.69, 9.17) is 19.7 Å². The maximum atomic E-state index is 11.7. The van der Waals surface area contributed by atoms with E-state index in [1.807, 2.05) is 0 Å². The van der Waals surface area contributed by atoms with Crippen molar-refractivity contribution in [2.24, 2.45) is 0 Å². The number of H-pyrrole nitrogens is 1. The second-order valence-electron chi connectivity index (χ2n) is 3.97. The molecule has 3 heterocycles. The van der Waals surface area contributed by atoms with Crippen molar-refractivity contribution in [2.75, 3.05) is 12.3 Å². The fourth-order valence-electron chi connectivity index (χ4n) is 1.80. The number of aromatic nitrogens is 4. The number of nitrogens with one attached hydrogen (secondary N) is 1. The third-order valence-electron chi connectivity index (χ3n) is 2.71. The van der Waals surface area contributed by atoms with Gasteiger partial charge in [0.1, 0.15) is 12.3 Å². The molecule has 1 fully saturated rings. The molecule has 1 aliphatic heterocycles. The van der Waals surface area contributed by atoms with Crippen LogP contribution in [0, 0.1) is 0 Å². The Morgan fingerprint density at radius 3 is 3.26 bits per heavy atom. The standard InChI is InChI=1S/C10H13N5O4/c11-10-13-8-7(9(18)14-10)12-3-15(8)6-1-4(17)5(2-16)19-6/h3-6,16-17H,1-2H2,(H3,11,13,14,18)/t4-,5+,6+/m0/s1/i1D2,6D. The highest BCUT2D eigenvalue weighted by molar-refractivity contribution is 5.70. The minimum Gasteiger partial charge on any atom is -0.394 e. The summed E-state index contributed by atoms with van der Waals surface area (Å²) in [7, 11) is 0. The maximum Gasteiger partial charge on any atom is 0.280 e. The summed E-state index contributed by atoms with van der Waals surface area (Å²) < 4.78 is 30.2. The molecule has 9 nitrogen and oxygen atoms in total. The van der Waals surface area contributed by atoms with Crippen LogP contribution in [-0.2, 0) is 4.74 Å². The summed E-state index contributed by atoms with van der Waals surface area (Å²) in [6, 6.07) is 0. The molecule has 19 heavy (non-hydrogen) atoms. The molecule has 102 valence electrons. The number of nitrogen functional groups attached to an aromatic ring is 1. The highest BCUT2D eigenvalue weighted by Gasteiger charge is 2.35. The number of aliphatic hydroxyl groups excluding tert-OH is 2. The second-order valence-corrected chi connectivity index (χ2v) is 3.97. The van der Waals surface area contributed by atoms with E-state index in [1.165, 1.54) is 0 Å². The number of imidazole rings is 1. The summed E-state index contributed by atoms with van der Waals surface area (Å²) >= 11 is 0. The number of nitrogens with zero attached hydrogens (tertiary/aromatic N) is 3. The van der Waals surface area contributed by atoms with Crippen LogP contribution in [0.1, 0.15) is 16.7 Å². The van der Waals surface area contributed by atoms with Gasteiger partial charge in [0.15, 0.2) is 11.2 Å². The molecule has 3 atom stereocenters. The Morgan fingerprint density at radius 2 is 2.58 bits per heavy atom. The van der Waals surface area contributed by atoms with Crippen molar-refractivity contribution in [1.82, 2.24) is 19.5 Å². The number of aliphatic hydroxyl groups is 2. The van der Waals surface area contributed by atoms with Crippen molar-refractivity contribution in [1.29, 1.82) is 0 Å². The molecule has 2 aromatic heterocycles. The van der Waals surface area contributed by atoms with E-state index in [2.05, 4.69) is 15.0 Å². The summed E-state index contributed by atoms with van der Waals surface area (Å²) in [4.78, 5) is 21.6. The van der Waals surface area contributed by atoms with E-state index in [1.54, 1.807) is 0 Å². The number of anilines is 1. The van der Waals surface area contributed by atoms with E-state index in [0.717, 1.165) is 10.9 Å². The second kappa shape index (κ2) is 4.30. The van der Waals surface area contributed by atoms with Crippen molar-refractivity contribution in [3.05, 3.63) is 16.7 Å². The van der Waals surface area contributed by atoms with Gasteiger partial charge >= 0.3 is 0 Å². The average Bonchev–Trinajstić information content (AvgIpc) is 2.93. The van der Waals surface area contributed by atoms with Gasteiger partial charge in [-0.2, -0.15) is 4.98 Å². The summed E-state index contributed by atoms with van der Waals surface area (Å²) in [6.45, 7) is -0.677. The zero-order chi connectivity index (χ0) is 16.3. The maximum absolute atomic E-state index is 11.7. The molecule has 0 bridgehead atoms. The summed E-state index contributed by atoms with van der Waals surface area (Å²) in [5.74, 6) is -0.235. The smallest absolute Gasteiger partial charge is 0.280 e. The zero-order valence-electron chi connectivity index (χ0n) is 12.6. The third-order valence-corrected chi connectivity index (χ3v) is 2.71. The Bertz CT molecular complexity index is 792. The predicted molar refractivity (Wildman–Crippen MR) is 64.2 cm³/mol. The first-order valence-corrected chi connectivity index (χ1v) is 5.42. The van der Waals surface area contributed by atoms with Crippen LogP contribution in [0.3, 0.4) is 0 Å². The van der Waals surface area contributed by atoms with Crippen LogP contribution in [0.15, 0.2) is 11.1 Å². The summed E-state index contributed by atoms with van der Waals surface area (Å²) in [5.41, 5.74) is 4.49. The van der Waals surface area contributed by atoms with Gasteiger partial charge in [-0.05, 0) is 0 Å². The van der Waals surface area contributed by atoms with Crippen LogP contribution < -0.4 is 11.3 Å². The number of aromatic amines is 1. The van der Waals surface area contributed by atoms with Gasteiger partial charge < -0.3 is 20.7 Å². The van der Waals surface area contributed by atoms with Crippen molar-refractivity contribution in [2.45, 2.75) is 24.8 Å². The Hall–Kier alpha value is -1.97. The predicted octanol–water partition coefficient (Wildman–Crippen LogP) is -1.66. The number of ether oxygens (including phenoxy) is 1. The van der Waals surface area contributed by atoms with Crippen LogP contribution >= 0.6 is 0 Å².